The van der Waals surface area contributed by atoms with Gasteiger partial charge in [0.05, 0.1) is 12.9 Å². The number of imidazole rings is 1. The molecule has 0 aliphatic carbocycles. The molecule has 3 aromatic heterocycles. The lowest BCUT2D eigenvalue weighted by Gasteiger charge is -2.08. The Kier molecular flexibility index (Phi) is 3.54. The van der Waals surface area contributed by atoms with E-state index in [9.17, 15) is 8.78 Å². The van der Waals surface area contributed by atoms with Crippen molar-refractivity contribution in [3.8, 4) is 11.9 Å². The first-order valence-corrected chi connectivity index (χ1v) is 7.44. The van der Waals surface area contributed by atoms with Crippen LogP contribution in [0.4, 0.5) is 14.7 Å². The summed E-state index contributed by atoms with van der Waals surface area (Å²) in [5.74, 6) is -1.13. The van der Waals surface area contributed by atoms with E-state index in [2.05, 4.69) is 20.1 Å². The van der Waals surface area contributed by atoms with Gasteiger partial charge in [0, 0.05) is 11.8 Å². The molecule has 8 nitrogen and oxygen atoms in total. The van der Waals surface area contributed by atoms with E-state index in [0.717, 1.165) is 0 Å². The first-order chi connectivity index (χ1) is 12.6. The van der Waals surface area contributed by atoms with Crippen molar-refractivity contribution in [1.29, 1.82) is 5.26 Å². The van der Waals surface area contributed by atoms with Gasteiger partial charge in [-0.05, 0) is 18.2 Å². The van der Waals surface area contributed by atoms with E-state index in [1.54, 1.807) is 0 Å². The molecule has 4 rings (SSSR count). The number of hydrogen-bond acceptors (Lipinski definition) is 6. The van der Waals surface area contributed by atoms with Gasteiger partial charge in [-0.1, -0.05) is 6.07 Å². The van der Waals surface area contributed by atoms with Crippen molar-refractivity contribution >= 4 is 17.1 Å². The largest absolute Gasteiger partial charge is 0.368 e. The molecule has 0 saturated carbocycles. The predicted molar refractivity (Wildman–Crippen MR) is 87.0 cm³/mol. The molecule has 0 saturated heterocycles. The number of halogens is 2. The van der Waals surface area contributed by atoms with E-state index in [-0.39, 0.29) is 29.6 Å². The van der Waals surface area contributed by atoms with Crippen LogP contribution in [-0.2, 0) is 6.54 Å². The van der Waals surface area contributed by atoms with E-state index in [4.69, 9.17) is 11.0 Å². The van der Waals surface area contributed by atoms with E-state index in [1.807, 2.05) is 6.07 Å². The second-order valence-corrected chi connectivity index (χ2v) is 5.41. The Morgan fingerprint density at radius 3 is 2.62 bits per heavy atom. The number of nitrogen functional groups attached to an aromatic ring is 1. The monoisotopic (exact) mass is 352 g/mol. The number of nitriles is 1. The summed E-state index contributed by atoms with van der Waals surface area (Å²) >= 11 is 0. The van der Waals surface area contributed by atoms with Crippen molar-refractivity contribution < 1.29 is 8.78 Å². The highest BCUT2D eigenvalue weighted by Gasteiger charge is 2.17. The molecule has 0 amide bonds. The highest BCUT2D eigenvalue weighted by atomic mass is 19.1. The summed E-state index contributed by atoms with van der Waals surface area (Å²) in [5.41, 5.74) is 6.48. The van der Waals surface area contributed by atoms with Crippen molar-refractivity contribution in [2.24, 2.45) is 0 Å². The van der Waals surface area contributed by atoms with Gasteiger partial charge in [0.1, 0.15) is 17.7 Å². The zero-order chi connectivity index (χ0) is 18.3. The molecule has 1 aromatic carbocycles. The van der Waals surface area contributed by atoms with Crippen LogP contribution in [0.5, 0.6) is 0 Å². The van der Waals surface area contributed by atoms with Gasteiger partial charge in [0.2, 0.25) is 5.95 Å². The number of nitrogens with two attached hydrogens (primary N) is 1. The maximum atomic E-state index is 13.9. The van der Waals surface area contributed by atoms with Crippen molar-refractivity contribution in [2.45, 2.75) is 6.54 Å². The fraction of sp³-hybridized carbons (Fsp3) is 0.0625. The first kappa shape index (κ1) is 15.6. The summed E-state index contributed by atoms with van der Waals surface area (Å²) < 4.78 is 30.7. The van der Waals surface area contributed by atoms with Crippen LogP contribution in [-0.4, -0.2) is 29.3 Å². The molecule has 26 heavy (non-hydrogen) atoms. The summed E-state index contributed by atoms with van der Waals surface area (Å²) in [6.45, 7) is -0.118. The summed E-state index contributed by atoms with van der Waals surface area (Å²) in [7, 11) is 0. The minimum Gasteiger partial charge on any atom is -0.368 e. The Labute approximate surface area is 145 Å². The van der Waals surface area contributed by atoms with E-state index in [0.29, 0.717) is 11.2 Å². The predicted octanol–water partition coefficient (Wildman–Crippen LogP) is 1.79. The van der Waals surface area contributed by atoms with Gasteiger partial charge in [-0.3, -0.25) is 0 Å². The van der Waals surface area contributed by atoms with Crippen LogP contribution in [0.1, 0.15) is 11.3 Å². The van der Waals surface area contributed by atoms with Crippen LogP contribution in [0, 0.1) is 23.0 Å². The number of hydrogen-bond donors (Lipinski definition) is 1. The van der Waals surface area contributed by atoms with Crippen LogP contribution in [0.25, 0.3) is 17.0 Å². The van der Waals surface area contributed by atoms with Crippen molar-refractivity contribution in [3.05, 3.63) is 59.7 Å². The Hall–Kier alpha value is -3.87. The van der Waals surface area contributed by atoms with Gasteiger partial charge in [0.25, 0.3) is 0 Å². The second-order valence-electron chi connectivity index (χ2n) is 5.41. The quantitative estimate of drug-likeness (QED) is 0.602. The molecule has 0 aliphatic rings. The third-order valence-corrected chi connectivity index (χ3v) is 3.77. The molecule has 3 heterocycles. The summed E-state index contributed by atoms with van der Waals surface area (Å²) in [4.78, 5) is 12.4. The molecule has 0 atom stereocenters. The average molecular weight is 352 g/mol. The van der Waals surface area contributed by atoms with E-state index < -0.39 is 11.6 Å². The maximum Gasteiger partial charge on any atom is 0.224 e. The van der Waals surface area contributed by atoms with Crippen LogP contribution < -0.4 is 5.73 Å². The molecule has 2 N–H and O–H groups in total. The normalized spacial score (nSPS) is 11.0. The highest BCUT2D eigenvalue weighted by molar-refractivity contribution is 5.79. The zero-order valence-electron chi connectivity index (χ0n) is 13.1. The Bertz CT molecular complexity index is 1150. The van der Waals surface area contributed by atoms with Gasteiger partial charge < -0.3 is 10.3 Å². The molecule has 0 spiro atoms. The van der Waals surface area contributed by atoms with Crippen molar-refractivity contribution in [1.82, 2.24) is 29.3 Å². The van der Waals surface area contributed by atoms with Gasteiger partial charge in [0.15, 0.2) is 22.7 Å². The topological polar surface area (TPSA) is 111 Å². The van der Waals surface area contributed by atoms with Crippen molar-refractivity contribution in [3.63, 3.8) is 0 Å². The average Bonchev–Trinajstić information content (AvgIpc) is 3.25. The molecular formula is C16H10F2N8. The number of fused-ring (bicyclic) bond motifs is 1. The molecule has 0 radical (unpaired) electrons. The SMILES string of the molecule is N#Cc1ccn(-c2nc(N)nc3c2ncn3Cc2c(F)cccc2F)n1. The molecule has 4 aromatic rings. The fourth-order valence-electron chi connectivity index (χ4n) is 2.58. The number of rotatable bonds is 3. The summed E-state index contributed by atoms with van der Waals surface area (Å²) in [6, 6.07) is 7.08. The molecular weight excluding hydrogens is 342 g/mol. The molecule has 10 heteroatoms. The Balaban J connectivity index is 1.85. The van der Waals surface area contributed by atoms with E-state index >= 15 is 0 Å². The molecule has 0 bridgehead atoms. The van der Waals surface area contributed by atoms with Gasteiger partial charge in [-0.15, -0.1) is 0 Å². The molecule has 0 fully saturated rings. The smallest absolute Gasteiger partial charge is 0.224 e. The summed E-state index contributed by atoms with van der Waals surface area (Å²) in [6.07, 6.45) is 2.93. The van der Waals surface area contributed by atoms with Crippen molar-refractivity contribution in [2.75, 3.05) is 5.73 Å². The third-order valence-electron chi connectivity index (χ3n) is 3.77. The molecule has 0 unspecified atom stereocenters. The zero-order valence-corrected chi connectivity index (χ0v) is 13.1. The lowest BCUT2D eigenvalue weighted by atomic mass is 10.2. The maximum absolute atomic E-state index is 13.9. The third kappa shape index (κ3) is 2.51. The van der Waals surface area contributed by atoms with Gasteiger partial charge in [-0.2, -0.15) is 20.3 Å². The minimum absolute atomic E-state index is 0.0581. The van der Waals surface area contributed by atoms with Gasteiger partial charge in [-0.25, -0.2) is 18.4 Å². The lowest BCUT2D eigenvalue weighted by molar-refractivity contribution is 0.546. The number of aromatic nitrogens is 6. The number of nitrogens with zero attached hydrogens (tertiary/aromatic N) is 7. The van der Waals surface area contributed by atoms with Crippen LogP contribution in [0.2, 0.25) is 0 Å². The Morgan fingerprint density at radius 1 is 1.15 bits per heavy atom. The molecule has 0 aliphatic heterocycles. The number of anilines is 1. The minimum atomic E-state index is -0.667. The van der Waals surface area contributed by atoms with Crippen LogP contribution >= 0.6 is 0 Å². The molecule has 128 valence electrons. The second kappa shape index (κ2) is 5.89. The summed E-state index contributed by atoms with van der Waals surface area (Å²) in [5, 5.41) is 13.0. The highest BCUT2D eigenvalue weighted by Crippen LogP contribution is 2.21. The Morgan fingerprint density at radius 2 is 1.92 bits per heavy atom. The standard InChI is InChI=1S/C16H10F2N8/c17-11-2-1-3-12(18)10(11)7-25-8-21-13-14(25)22-16(20)23-15(13)26-5-4-9(6-19)24-26/h1-5,8H,7H2,(H2,20,22,23). The fourth-order valence-corrected chi connectivity index (χ4v) is 2.58. The van der Waals surface area contributed by atoms with Crippen LogP contribution in [0.15, 0.2) is 36.8 Å². The lowest BCUT2D eigenvalue weighted by Crippen LogP contribution is -2.08. The first-order valence-electron chi connectivity index (χ1n) is 7.44. The van der Waals surface area contributed by atoms with Gasteiger partial charge >= 0.3 is 0 Å². The van der Waals surface area contributed by atoms with E-state index in [1.165, 1.54) is 46.0 Å². The number of benzene rings is 1. The van der Waals surface area contributed by atoms with Crippen LogP contribution in [0.3, 0.4) is 0 Å².